The van der Waals surface area contributed by atoms with Crippen LogP contribution < -0.4 is 4.90 Å². The molecule has 0 fully saturated rings. The molecule has 0 aliphatic heterocycles. The highest BCUT2D eigenvalue weighted by molar-refractivity contribution is 5.53. The van der Waals surface area contributed by atoms with Gasteiger partial charge in [-0.3, -0.25) is 0 Å². The van der Waals surface area contributed by atoms with Gasteiger partial charge in [0, 0.05) is 18.8 Å². The van der Waals surface area contributed by atoms with Crippen molar-refractivity contribution in [3.05, 3.63) is 29.3 Å². The Balaban J connectivity index is 2.62. The molecule has 20 heavy (non-hydrogen) atoms. The molecule has 0 heterocycles. The zero-order chi connectivity index (χ0) is 15.0. The molecule has 1 aromatic carbocycles. The molecule has 0 aliphatic carbocycles. The van der Waals surface area contributed by atoms with Crippen molar-refractivity contribution < 1.29 is 0 Å². The molecule has 1 rings (SSSR count). The Hall–Kier alpha value is -1.53. The first-order chi connectivity index (χ1) is 9.65. The third-order valence-electron chi connectivity index (χ3n) is 3.87. The topological polar surface area (TPSA) is 30.3 Å². The van der Waals surface area contributed by atoms with E-state index in [4.69, 9.17) is 5.26 Å². The average molecular weight is 273 g/mol. The summed E-state index contributed by atoms with van der Waals surface area (Å²) in [6.45, 7) is 14.1. The highest BCUT2D eigenvalue weighted by Crippen LogP contribution is 2.19. The summed E-state index contributed by atoms with van der Waals surface area (Å²) >= 11 is 0. The molecule has 0 amide bonds. The third-order valence-corrected chi connectivity index (χ3v) is 3.87. The van der Waals surface area contributed by atoms with E-state index in [1.165, 1.54) is 12.1 Å². The first-order valence-corrected chi connectivity index (χ1v) is 7.64. The van der Waals surface area contributed by atoms with Crippen LogP contribution in [0, 0.1) is 18.3 Å². The fourth-order valence-corrected chi connectivity index (χ4v) is 2.46. The third kappa shape index (κ3) is 4.54. The van der Waals surface area contributed by atoms with Crippen LogP contribution in [0.2, 0.25) is 0 Å². The van der Waals surface area contributed by atoms with Crippen LogP contribution in [-0.2, 0) is 0 Å². The molecule has 0 spiro atoms. The van der Waals surface area contributed by atoms with Gasteiger partial charge < -0.3 is 9.80 Å². The van der Waals surface area contributed by atoms with Crippen LogP contribution in [-0.4, -0.2) is 37.6 Å². The normalized spacial score (nSPS) is 10.6. The van der Waals surface area contributed by atoms with Gasteiger partial charge in [0.2, 0.25) is 0 Å². The number of benzene rings is 1. The van der Waals surface area contributed by atoms with Gasteiger partial charge in [0.05, 0.1) is 11.6 Å². The standard InChI is InChI=1S/C17H27N3/c1-5-19(6-2)11-8-12-20(7-3)17-10-9-16(14-18)15(4)13-17/h9-10,13H,5-8,11-12H2,1-4H3. The Morgan fingerprint density at radius 1 is 1.05 bits per heavy atom. The number of aryl methyl sites for hydroxylation is 1. The Morgan fingerprint density at radius 3 is 2.25 bits per heavy atom. The fourth-order valence-electron chi connectivity index (χ4n) is 2.46. The van der Waals surface area contributed by atoms with E-state index in [0.717, 1.165) is 43.9 Å². The summed E-state index contributed by atoms with van der Waals surface area (Å²) in [4.78, 5) is 4.84. The molecule has 0 saturated carbocycles. The summed E-state index contributed by atoms with van der Waals surface area (Å²) in [5.41, 5.74) is 3.06. The molecule has 0 N–H and O–H groups in total. The first kappa shape index (κ1) is 16.5. The second-order valence-electron chi connectivity index (χ2n) is 5.07. The van der Waals surface area contributed by atoms with E-state index >= 15 is 0 Å². The Morgan fingerprint density at radius 2 is 1.75 bits per heavy atom. The van der Waals surface area contributed by atoms with Crippen LogP contribution in [0.1, 0.15) is 38.3 Å². The molecule has 0 aliphatic rings. The van der Waals surface area contributed by atoms with Crippen molar-refractivity contribution in [2.75, 3.05) is 37.6 Å². The van der Waals surface area contributed by atoms with Crippen LogP contribution in [0.4, 0.5) is 5.69 Å². The SMILES string of the molecule is CCN(CC)CCCN(CC)c1ccc(C#N)c(C)c1. The maximum atomic E-state index is 8.99. The van der Waals surface area contributed by atoms with Gasteiger partial charge >= 0.3 is 0 Å². The largest absolute Gasteiger partial charge is 0.372 e. The fraction of sp³-hybridized carbons (Fsp3) is 0.588. The molecule has 0 saturated heterocycles. The van der Waals surface area contributed by atoms with Gasteiger partial charge in [0.15, 0.2) is 0 Å². The predicted molar refractivity (Wildman–Crippen MR) is 86.2 cm³/mol. The van der Waals surface area contributed by atoms with Crippen molar-refractivity contribution in [3.8, 4) is 6.07 Å². The van der Waals surface area contributed by atoms with Crippen LogP contribution in [0.5, 0.6) is 0 Å². The summed E-state index contributed by atoms with van der Waals surface area (Å²) < 4.78 is 0. The lowest BCUT2D eigenvalue weighted by atomic mass is 10.1. The van der Waals surface area contributed by atoms with Crippen LogP contribution in [0.15, 0.2) is 18.2 Å². The summed E-state index contributed by atoms with van der Waals surface area (Å²) in [6.07, 6.45) is 1.18. The van der Waals surface area contributed by atoms with Gasteiger partial charge in [-0.25, -0.2) is 0 Å². The van der Waals surface area contributed by atoms with Crippen LogP contribution in [0.3, 0.4) is 0 Å². The minimum absolute atomic E-state index is 0.771. The summed E-state index contributed by atoms with van der Waals surface area (Å²) in [5, 5.41) is 8.99. The van der Waals surface area contributed by atoms with Crippen molar-refractivity contribution in [1.82, 2.24) is 4.90 Å². The number of nitrogens with zero attached hydrogens (tertiary/aromatic N) is 3. The molecule has 110 valence electrons. The highest BCUT2D eigenvalue weighted by Gasteiger charge is 2.07. The predicted octanol–water partition coefficient (Wildman–Crippen LogP) is 3.42. The summed E-state index contributed by atoms with van der Waals surface area (Å²) in [5.74, 6) is 0. The lowest BCUT2D eigenvalue weighted by molar-refractivity contribution is 0.301. The van der Waals surface area contributed by atoms with Gasteiger partial charge in [-0.15, -0.1) is 0 Å². The van der Waals surface area contributed by atoms with Crippen LogP contribution in [0.25, 0.3) is 0 Å². The van der Waals surface area contributed by atoms with Crippen LogP contribution >= 0.6 is 0 Å². The number of hydrogen-bond donors (Lipinski definition) is 0. The smallest absolute Gasteiger partial charge is 0.0994 e. The minimum Gasteiger partial charge on any atom is -0.372 e. The number of anilines is 1. The van der Waals surface area contributed by atoms with Crippen molar-refractivity contribution >= 4 is 5.69 Å². The van der Waals surface area contributed by atoms with Crippen molar-refractivity contribution in [2.45, 2.75) is 34.1 Å². The Labute approximate surface area is 123 Å². The lowest BCUT2D eigenvalue weighted by Gasteiger charge is -2.25. The maximum Gasteiger partial charge on any atom is 0.0994 e. The Bertz CT molecular complexity index is 444. The maximum absolute atomic E-state index is 8.99. The molecule has 0 bridgehead atoms. The molecule has 0 radical (unpaired) electrons. The quantitative estimate of drug-likeness (QED) is 0.727. The van der Waals surface area contributed by atoms with Gasteiger partial charge in [0.1, 0.15) is 0 Å². The molecule has 0 unspecified atom stereocenters. The highest BCUT2D eigenvalue weighted by atomic mass is 15.1. The second kappa shape index (κ2) is 8.60. The first-order valence-electron chi connectivity index (χ1n) is 7.64. The molecule has 3 heteroatoms. The number of hydrogen-bond acceptors (Lipinski definition) is 3. The monoisotopic (exact) mass is 273 g/mol. The average Bonchev–Trinajstić information content (AvgIpc) is 2.47. The van der Waals surface area contributed by atoms with E-state index in [9.17, 15) is 0 Å². The molecule has 0 atom stereocenters. The van der Waals surface area contributed by atoms with E-state index in [2.05, 4.69) is 48.8 Å². The number of rotatable bonds is 8. The van der Waals surface area contributed by atoms with Gasteiger partial charge in [-0.05, 0) is 63.7 Å². The van der Waals surface area contributed by atoms with E-state index in [-0.39, 0.29) is 0 Å². The zero-order valence-corrected chi connectivity index (χ0v) is 13.3. The van der Waals surface area contributed by atoms with E-state index < -0.39 is 0 Å². The van der Waals surface area contributed by atoms with E-state index in [1.807, 2.05) is 13.0 Å². The van der Waals surface area contributed by atoms with E-state index in [1.54, 1.807) is 0 Å². The number of nitriles is 1. The Kier molecular flexibility index (Phi) is 7.11. The van der Waals surface area contributed by atoms with Crippen molar-refractivity contribution in [2.24, 2.45) is 0 Å². The van der Waals surface area contributed by atoms with Crippen molar-refractivity contribution in [3.63, 3.8) is 0 Å². The van der Waals surface area contributed by atoms with Gasteiger partial charge in [-0.1, -0.05) is 13.8 Å². The molecule has 0 aromatic heterocycles. The van der Waals surface area contributed by atoms with Gasteiger partial charge in [-0.2, -0.15) is 5.26 Å². The molecular weight excluding hydrogens is 246 g/mol. The molecular formula is C17H27N3. The zero-order valence-electron chi connectivity index (χ0n) is 13.3. The van der Waals surface area contributed by atoms with Crippen molar-refractivity contribution in [1.29, 1.82) is 5.26 Å². The molecule has 3 nitrogen and oxygen atoms in total. The molecule has 1 aromatic rings. The summed E-state index contributed by atoms with van der Waals surface area (Å²) in [7, 11) is 0. The van der Waals surface area contributed by atoms with Gasteiger partial charge in [0.25, 0.3) is 0 Å². The summed E-state index contributed by atoms with van der Waals surface area (Å²) in [6, 6.07) is 8.34. The second-order valence-corrected chi connectivity index (χ2v) is 5.07. The van der Waals surface area contributed by atoms with E-state index in [0.29, 0.717) is 0 Å². The minimum atomic E-state index is 0.771. The lowest BCUT2D eigenvalue weighted by Crippen LogP contribution is -2.30.